The van der Waals surface area contributed by atoms with Crippen molar-refractivity contribution in [3.63, 3.8) is 0 Å². The van der Waals surface area contributed by atoms with Gasteiger partial charge in [-0.15, -0.1) is 0 Å². The van der Waals surface area contributed by atoms with Crippen molar-refractivity contribution in [3.05, 3.63) is 79.0 Å². The van der Waals surface area contributed by atoms with Crippen molar-refractivity contribution < 1.29 is 23.8 Å². The topological polar surface area (TPSA) is 121 Å². The van der Waals surface area contributed by atoms with Crippen LogP contribution in [0.2, 0.25) is 10.0 Å². The number of alkyl halides is 1. The Balaban J connectivity index is 2.18. The van der Waals surface area contributed by atoms with Crippen LogP contribution in [0.25, 0.3) is 0 Å². The predicted molar refractivity (Wildman–Crippen MR) is 118 cm³/mol. The standard InChI is InChI=1S/C20H16Cl2FN3O5S/c1-31-19(30)16-11(7-23)25-12(8-32-20-24-6-5-13(27)26-20)15(18(28)29)14(16)9-3-2-4-10(21)17(9)22/h2-6,14,25H,7-8H2,1H3,(H,28,29)(H,24,26,27). The van der Waals surface area contributed by atoms with E-state index < -0.39 is 24.5 Å². The summed E-state index contributed by atoms with van der Waals surface area (Å²) in [5.41, 5.74) is -0.692. The molecule has 1 unspecified atom stereocenters. The summed E-state index contributed by atoms with van der Waals surface area (Å²) in [7, 11) is 1.11. The van der Waals surface area contributed by atoms with E-state index in [4.69, 9.17) is 27.9 Å². The maximum atomic E-state index is 14.0. The number of hydrogen-bond donors (Lipinski definition) is 3. The van der Waals surface area contributed by atoms with E-state index in [0.29, 0.717) is 0 Å². The largest absolute Gasteiger partial charge is 0.478 e. The molecule has 3 N–H and O–H groups in total. The molecule has 0 spiro atoms. The third kappa shape index (κ3) is 4.82. The molecule has 0 bridgehead atoms. The number of nitrogens with zero attached hydrogens (tertiary/aromatic N) is 1. The van der Waals surface area contributed by atoms with Crippen LogP contribution in [0.1, 0.15) is 11.5 Å². The van der Waals surface area contributed by atoms with Crippen LogP contribution in [0.4, 0.5) is 4.39 Å². The van der Waals surface area contributed by atoms with Crippen molar-refractivity contribution in [2.75, 3.05) is 19.5 Å². The number of carbonyl (C=O) groups excluding carboxylic acids is 1. The average molecular weight is 500 g/mol. The van der Waals surface area contributed by atoms with Crippen LogP contribution in [-0.4, -0.2) is 46.6 Å². The summed E-state index contributed by atoms with van der Waals surface area (Å²) in [4.78, 5) is 42.9. The predicted octanol–water partition coefficient (Wildman–Crippen LogP) is 3.29. The van der Waals surface area contributed by atoms with Gasteiger partial charge in [0.1, 0.15) is 6.67 Å². The summed E-state index contributed by atoms with van der Waals surface area (Å²) in [6, 6.07) is 5.79. The van der Waals surface area contributed by atoms with Gasteiger partial charge in [-0.05, 0) is 11.6 Å². The van der Waals surface area contributed by atoms with Crippen molar-refractivity contribution in [3.8, 4) is 0 Å². The Labute approximate surface area is 195 Å². The number of aliphatic carboxylic acids is 1. The Bertz CT molecular complexity index is 1200. The third-order valence-electron chi connectivity index (χ3n) is 4.59. The molecule has 0 aliphatic carbocycles. The highest BCUT2D eigenvalue weighted by Gasteiger charge is 2.40. The molecule has 0 amide bonds. The molecule has 1 aromatic carbocycles. The number of aromatic nitrogens is 2. The van der Waals surface area contributed by atoms with E-state index in [9.17, 15) is 23.9 Å². The van der Waals surface area contributed by atoms with Gasteiger partial charge in [0.15, 0.2) is 5.16 Å². The Morgan fingerprint density at radius 2 is 2.00 bits per heavy atom. The minimum absolute atomic E-state index is 0.0266. The van der Waals surface area contributed by atoms with Gasteiger partial charge in [0.2, 0.25) is 0 Å². The lowest BCUT2D eigenvalue weighted by Crippen LogP contribution is -2.35. The van der Waals surface area contributed by atoms with Crippen LogP contribution in [0.3, 0.4) is 0 Å². The molecule has 12 heteroatoms. The number of H-pyrrole nitrogens is 1. The molecule has 1 aliphatic heterocycles. The molecule has 0 fully saturated rings. The van der Waals surface area contributed by atoms with Crippen molar-refractivity contribution in [2.45, 2.75) is 11.1 Å². The quantitative estimate of drug-likeness (QED) is 0.301. The Kier molecular flexibility index (Phi) is 7.60. The Hall–Kier alpha value is -2.82. The molecular formula is C20H16Cl2FN3O5S. The van der Waals surface area contributed by atoms with Crippen LogP contribution in [0, 0.1) is 0 Å². The molecule has 168 valence electrons. The number of ether oxygens (including phenoxy) is 1. The van der Waals surface area contributed by atoms with Gasteiger partial charge in [-0.2, -0.15) is 0 Å². The van der Waals surface area contributed by atoms with Crippen LogP contribution >= 0.6 is 35.0 Å². The molecule has 1 atom stereocenters. The molecule has 0 radical (unpaired) electrons. The number of nitrogens with one attached hydrogen (secondary N) is 2. The highest BCUT2D eigenvalue weighted by molar-refractivity contribution is 7.99. The first-order chi connectivity index (χ1) is 15.3. The zero-order chi connectivity index (χ0) is 23.4. The maximum absolute atomic E-state index is 14.0. The third-order valence-corrected chi connectivity index (χ3v) is 6.34. The fraction of sp³-hybridized carbons (Fsp3) is 0.200. The summed E-state index contributed by atoms with van der Waals surface area (Å²) in [6.45, 7) is -1.10. The first-order valence-electron chi connectivity index (χ1n) is 9.01. The van der Waals surface area contributed by atoms with Crippen LogP contribution in [0.5, 0.6) is 0 Å². The summed E-state index contributed by atoms with van der Waals surface area (Å²) in [6.07, 6.45) is 1.30. The molecule has 2 aromatic rings. The fourth-order valence-corrected chi connectivity index (χ4v) is 4.49. The number of hydrogen-bond acceptors (Lipinski definition) is 7. The number of dihydropyridines is 1. The van der Waals surface area contributed by atoms with Crippen molar-refractivity contribution in [1.29, 1.82) is 0 Å². The van der Waals surface area contributed by atoms with Crippen LogP contribution in [-0.2, 0) is 14.3 Å². The van der Waals surface area contributed by atoms with Gasteiger partial charge in [0.05, 0.1) is 39.9 Å². The van der Waals surface area contributed by atoms with Gasteiger partial charge in [-0.3, -0.25) is 4.79 Å². The van der Waals surface area contributed by atoms with E-state index in [-0.39, 0.29) is 54.6 Å². The van der Waals surface area contributed by atoms with Crippen molar-refractivity contribution in [1.82, 2.24) is 15.3 Å². The number of thioether (sulfide) groups is 1. The lowest BCUT2D eigenvalue weighted by molar-refractivity contribution is -0.136. The van der Waals surface area contributed by atoms with Crippen LogP contribution < -0.4 is 10.9 Å². The Morgan fingerprint density at radius 3 is 2.62 bits per heavy atom. The molecule has 0 saturated carbocycles. The van der Waals surface area contributed by atoms with E-state index in [1.165, 1.54) is 24.4 Å². The number of carboxylic acid groups (broad SMARTS) is 1. The molecular weight excluding hydrogens is 484 g/mol. The van der Waals surface area contributed by atoms with Gasteiger partial charge in [-0.1, -0.05) is 47.1 Å². The fourth-order valence-electron chi connectivity index (χ4n) is 3.25. The van der Waals surface area contributed by atoms with E-state index in [2.05, 4.69) is 15.3 Å². The first-order valence-corrected chi connectivity index (χ1v) is 10.7. The van der Waals surface area contributed by atoms with E-state index in [1.807, 2.05) is 0 Å². The first kappa shape index (κ1) is 23.8. The number of carbonyl (C=O) groups is 2. The monoisotopic (exact) mass is 499 g/mol. The summed E-state index contributed by atoms with van der Waals surface area (Å²) >= 11 is 13.5. The number of benzene rings is 1. The minimum atomic E-state index is -1.36. The summed E-state index contributed by atoms with van der Waals surface area (Å²) in [5.74, 6) is -3.55. The number of carboxylic acids is 1. The molecule has 2 heterocycles. The van der Waals surface area contributed by atoms with E-state index in [0.717, 1.165) is 18.9 Å². The van der Waals surface area contributed by atoms with Gasteiger partial charge in [-0.25, -0.2) is 19.0 Å². The number of allylic oxidation sites excluding steroid dienone is 1. The zero-order valence-electron chi connectivity index (χ0n) is 16.4. The minimum Gasteiger partial charge on any atom is -0.478 e. The smallest absolute Gasteiger partial charge is 0.336 e. The van der Waals surface area contributed by atoms with Gasteiger partial charge in [0.25, 0.3) is 5.56 Å². The van der Waals surface area contributed by atoms with Gasteiger partial charge < -0.3 is 20.1 Å². The van der Waals surface area contributed by atoms with Gasteiger partial charge in [0, 0.05) is 23.7 Å². The summed E-state index contributed by atoms with van der Waals surface area (Å²) in [5, 5.41) is 13.2. The molecule has 32 heavy (non-hydrogen) atoms. The highest BCUT2D eigenvalue weighted by atomic mass is 35.5. The highest BCUT2D eigenvalue weighted by Crippen LogP contribution is 2.43. The Morgan fingerprint density at radius 1 is 1.25 bits per heavy atom. The second kappa shape index (κ2) is 10.2. The number of methoxy groups -OCH3 is 1. The van der Waals surface area contributed by atoms with Crippen molar-refractivity contribution in [2.24, 2.45) is 0 Å². The molecule has 0 saturated heterocycles. The van der Waals surface area contributed by atoms with E-state index in [1.54, 1.807) is 6.07 Å². The number of esters is 1. The molecule has 1 aromatic heterocycles. The normalized spacial score (nSPS) is 16.1. The van der Waals surface area contributed by atoms with E-state index >= 15 is 0 Å². The maximum Gasteiger partial charge on any atom is 0.336 e. The summed E-state index contributed by atoms with van der Waals surface area (Å²) < 4.78 is 18.8. The number of rotatable bonds is 7. The van der Waals surface area contributed by atoms with Crippen molar-refractivity contribution >= 4 is 46.9 Å². The second-order valence-corrected chi connectivity index (χ2v) is 8.19. The lowest BCUT2D eigenvalue weighted by atomic mass is 9.80. The van der Waals surface area contributed by atoms with Gasteiger partial charge >= 0.3 is 11.9 Å². The second-order valence-electron chi connectivity index (χ2n) is 6.44. The van der Waals surface area contributed by atoms with Crippen LogP contribution in [0.15, 0.2) is 63.0 Å². The number of aromatic amines is 1. The average Bonchev–Trinajstić information content (AvgIpc) is 2.77. The lowest BCUT2D eigenvalue weighted by Gasteiger charge is -2.31. The number of halogens is 3. The molecule has 3 rings (SSSR count). The zero-order valence-corrected chi connectivity index (χ0v) is 18.8. The molecule has 8 nitrogen and oxygen atoms in total. The SMILES string of the molecule is COC(=O)C1=C(CF)NC(CSc2nccc(=O)[nH]2)=C(C(=O)O)C1c1cccc(Cl)c1Cl. The molecule has 1 aliphatic rings.